The van der Waals surface area contributed by atoms with Crippen LogP contribution in [0.4, 0.5) is 5.69 Å². The van der Waals surface area contributed by atoms with E-state index in [1.54, 1.807) is 0 Å². The second-order valence-electron chi connectivity index (χ2n) is 10.4. The monoisotopic (exact) mass is 637 g/mol. The molecule has 1 heterocycles. The second-order valence-corrected chi connectivity index (χ2v) is 13.5. The number of hydrogen-bond acceptors (Lipinski definition) is 7. The number of anilines is 1. The predicted molar refractivity (Wildman–Crippen MR) is 174 cm³/mol. The first kappa shape index (κ1) is 33.2. The van der Waals surface area contributed by atoms with Crippen LogP contribution in [0.3, 0.4) is 0 Å². The predicted octanol–water partition coefficient (Wildman–Crippen LogP) is 4.85. The van der Waals surface area contributed by atoms with E-state index in [0.29, 0.717) is 47.1 Å². The third kappa shape index (κ3) is 7.00. The normalized spacial score (nSPS) is 12.0. The molecule has 0 fully saturated rings. The minimum absolute atomic E-state index is 0.102. The summed E-state index contributed by atoms with van der Waals surface area (Å²) in [5.41, 5.74) is 2.61. The highest BCUT2D eigenvalue weighted by molar-refractivity contribution is 7.89. The molecule has 0 bridgehead atoms. The fraction of sp³-hybridized carbons (Fsp3) is 0.364. The van der Waals surface area contributed by atoms with Crippen molar-refractivity contribution in [2.75, 3.05) is 37.6 Å². The average molecular weight is 638 g/mol. The van der Waals surface area contributed by atoms with E-state index in [2.05, 4.69) is 47.8 Å². The van der Waals surface area contributed by atoms with Crippen molar-refractivity contribution < 1.29 is 25.8 Å². The maximum atomic E-state index is 13.1. The summed E-state index contributed by atoms with van der Waals surface area (Å²) in [6.45, 7) is 11.5. The standard InChI is InChI=1S/C33H39N3O6S2/c1-6-11-12-13-20-34-43(37,38)26-16-19-29(32(23-26)44(39,40)41)33-27-17-14-24(35(7-2)8-3)21-30(27)42-31-22-25(15-18-28(31)33)36(9-4)10-5/h1,14-19,21-23,34H,7-13,20H2,2-5H3. The summed E-state index contributed by atoms with van der Waals surface area (Å²) < 4.78 is 75.4. The summed E-state index contributed by atoms with van der Waals surface area (Å²) in [6.07, 6.45) is 6.94. The van der Waals surface area contributed by atoms with E-state index in [1.807, 2.05) is 36.4 Å². The molecule has 44 heavy (non-hydrogen) atoms. The molecule has 0 atom stereocenters. The summed E-state index contributed by atoms with van der Waals surface area (Å²) in [7, 11) is -9.20. The van der Waals surface area contributed by atoms with Crippen molar-refractivity contribution in [2.45, 2.75) is 56.7 Å². The number of nitrogens with one attached hydrogen (secondary N) is 1. The van der Waals surface area contributed by atoms with Crippen LogP contribution in [0, 0.1) is 12.3 Å². The van der Waals surface area contributed by atoms with Crippen LogP contribution < -0.4 is 19.6 Å². The summed E-state index contributed by atoms with van der Waals surface area (Å²) in [6, 6.07) is 15.0. The number of fused-ring (bicyclic) bond motifs is 2. The number of sulfonamides is 1. The van der Waals surface area contributed by atoms with Crippen LogP contribution in [0.15, 0.2) is 68.8 Å². The molecule has 0 amide bonds. The zero-order valence-electron chi connectivity index (χ0n) is 25.6. The van der Waals surface area contributed by atoms with Gasteiger partial charge in [0.25, 0.3) is 0 Å². The fourth-order valence-corrected chi connectivity index (χ4v) is 7.34. The van der Waals surface area contributed by atoms with Gasteiger partial charge in [-0.1, -0.05) is 6.07 Å². The Morgan fingerprint density at radius 3 is 2.25 bits per heavy atom. The van der Waals surface area contributed by atoms with Gasteiger partial charge in [0.05, 0.1) is 15.9 Å². The Labute approximate surface area is 260 Å². The van der Waals surface area contributed by atoms with E-state index in [1.165, 1.54) is 12.1 Å². The number of rotatable bonds is 13. The molecule has 2 aliphatic rings. The zero-order valence-corrected chi connectivity index (χ0v) is 27.2. The molecular weight excluding hydrogens is 599 g/mol. The van der Waals surface area contributed by atoms with Gasteiger partial charge in [0.15, 0.2) is 0 Å². The van der Waals surface area contributed by atoms with Crippen LogP contribution in [0.25, 0.3) is 33.4 Å². The summed E-state index contributed by atoms with van der Waals surface area (Å²) >= 11 is 0. The maximum absolute atomic E-state index is 13.1. The van der Waals surface area contributed by atoms with Gasteiger partial charge >= 0.3 is 0 Å². The Morgan fingerprint density at radius 1 is 0.909 bits per heavy atom. The molecule has 9 nitrogen and oxygen atoms in total. The van der Waals surface area contributed by atoms with Gasteiger partial charge in [-0.05, 0) is 70.9 Å². The molecule has 2 aromatic carbocycles. The molecule has 0 spiro atoms. The third-order valence-corrected chi connectivity index (χ3v) is 10.1. The molecule has 0 saturated heterocycles. The van der Waals surface area contributed by atoms with E-state index >= 15 is 0 Å². The topological polar surface area (TPSA) is 123 Å². The van der Waals surface area contributed by atoms with E-state index in [0.717, 1.165) is 43.3 Å². The Kier molecular flexibility index (Phi) is 10.5. The number of terminal acetylenes is 1. The Hall–Kier alpha value is -3.69. The van der Waals surface area contributed by atoms with Gasteiger partial charge < -0.3 is 13.9 Å². The van der Waals surface area contributed by atoms with E-state index in [-0.39, 0.29) is 17.0 Å². The molecule has 0 unspecified atom stereocenters. The third-order valence-electron chi connectivity index (χ3n) is 7.79. The van der Waals surface area contributed by atoms with Crippen LogP contribution in [-0.4, -0.2) is 54.1 Å². The van der Waals surface area contributed by atoms with Gasteiger partial charge in [0, 0.05) is 66.0 Å². The highest BCUT2D eigenvalue weighted by atomic mass is 32.2. The van der Waals surface area contributed by atoms with Gasteiger partial charge in [-0.2, -0.15) is 0 Å². The van der Waals surface area contributed by atoms with Crippen LogP contribution in [0.1, 0.15) is 47.0 Å². The molecule has 234 valence electrons. The van der Waals surface area contributed by atoms with Crippen molar-refractivity contribution in [1.29, 1.82) is 0 Å². The Bertz CT molecular complexity index is 1950. The van der Waals surface area contributed by atoms with Crippen LogP contribution in [-0.2, 0) is 20.1 Å². The van der Waals surface area contributed by atoms with Gasteiger partial charge in [0.1, 0.15) is 34.6 Å². The highest BCUT2D eigenvalue weighted by Crippen LogP contribution is 2.43. The fourth-order valence-electron chi connectivity index (χ4n) is 5.45. The van der Waals surface area contributed by atoms with Gasteiger partial charge in [-0.3, -0.25) is 0 Å². The second kappa shape index (κ2) is 13.9. The molecular formula is C33H39N3O6S2. The van der Waals surface area contributed by atoms with Crippen LogP contribution in [0.5, 0.6) is 0 Å². The van der Waals surface area contributed by atoms with Crippen LogP contribution in [0.2, 0.25) is 0 Å². The minimum atomic E-state index is -5.10. The highest BCUT2D eigenvalue weighted by Gasteiger charge is 2.25. The summed E-state index contributed by atoms with van der Waals surface area (Å²) in [4.78, 5) is 1.23. The van der Waals surface area contributed by atoms with Gasteiger partial charge in [0.2, 0.25) is 15.4 Å². The molecule has 0 radical (unpaired) electrons. The molecule has 1 aliphatic carbocycles. The Morgan fingerprint density at radius 2 is 1.61 bits per heavy atom. The molecule has 0 saturated carbocycles. The van der Waals surface area contributed by atoms with E-state index in [4.69, 9.17) is 10.8 Å². The maximum Gasteiger partial charge on any atom is 0.240 e. The van der Waals surface area contributed by atoms with Gasteiger partial charge in [-0.25, -0.2) is 26.1 Å². The Balaban J connectivity index is 2.01. The van der Waals surface area contributed by atoms with Gasteiger partial charge in [-0.15, -0.1) is 12.3 Å². The molecule has 11 heteroatoms. The molecule has 1 N–H and O–H groups in total. The first-order chi connectivity index (χ1) is 21.0. The number of nitrogens with zero attached hydrogens (tertiary/aromatic N) is 2. The van der Waals surface area contributed by atoms with E-state index in [9.17, 15) is 21.4 Å². The van der Waals surface area contributed by atoms with Crippen molar-refractivity contribution >= 4 is 36.8 Å². The lowest BCUT2D eigenvalue weighted by atomic mass is 9.93. The molecule has 2 aromatic rings. The van der Waals surface area contributed by atoms with Crippen molar-refractivity contribution in [3.05, 3.63) is 60.0 Å². The molecule has 4 rings (SSSR count). The first-order valence-electron chi connectivity index (χ1n) is 14.9. The first-order valence-corrected chi connectivity index (χ1v) is 17.7. The van der Waals surface area contributed by atoms with Crippen molar-refractivity contribution in [3.63, 3.8) is 0 Å². The lowest BCUT2D eigenvalue weighted by molar-refractivity contribution is 0.463. The SMILES string of the molecule is C#CCCCCNS(=O)(=O)c1ccc(-c2c3ccc(=[N+](CC)CC)cc-3oc3cc(N(CC)CC)ccc23)c(S(=O)(=O)[O-])c1. The quantitative estimate of drug-likeness (QED) is 0.0731. The molecule has 0 aromatic heterocycles. The van der Waals surface area contributed by atoms with E-state index < -0.39 is 25.0 Å². The average Bonchev–Trinajstić information content (AvgIpc) is 3.00. The number of benzene rings is 3. The smallest absolute Gasteiger partial charge is 0.240 e. The number of unbranched alkanes of at least 4 members (excludes halogenated alkanes) is 2. The number of hydrogen-bond donors (Lipinski definition) is 1. The van der Waals surface area contributed by atoms with Crippen LogP contribution >= 0.6 is 0 Å². The summed E-state index contributed by atoms with van der Waals surface area (Å²) in [5, 5.41) is 1.53. The van der Waals surface area contributed by atoms with Crippen molar-refractivity contribution in [2.24, 2.45) is 0 Å². The minimum Gasteiger partial charge on any atom is -0.744 e. The largest absolute Gasteiger partial charge is 0.744 e. The van der Waals surface area contributed by atoms with Crippen molar-refractivity contribution in [1.82, 2.24) is 9.30 Å². The lowest BCUT2D eigenvalue weighted by Crippen LogP contribution is -2.29. The summed E-state index contributed by atoms with van der Waals surface area (Å²) in [5.74, 6) is 3.01. The van der Waals surface area contributed by atoms with Crippen molar-refractivity contribution in [3.8, 4) is 34.8 Å². The molecule has 1 aliphatic heterocycles. The lowest BCUT2D eigenvalue weighted by Gasteiger charge is -2.23. The zero-order chi connectivity index (χ0) is 32.1.